The SMILES string of the molecule is CCn1cc(C(=O)O)c(=O)c2ccc(N3CCCC3)cc21. The van der Waals surface area contributed by atoms with Gasteiger partial charge in [-0.15, -0.1) is 0 Å². The fraction of sp³-hybridized carbons (Fsp3) is 0.375. The van der Waals surface area contributed by atoms with Crippen LogP contribution >= 0.6 is 0 Å². The summed E-state index contributed by atoms with van der Waals surface area (Å²) in [6.07, 6.45) is 3.83. The Labute approximate surface area is 122 Å². The number of nitrogens with zero attached hydrogens (tertiary/aromatic N) is 2. The summed E-state index contributed by atoms with van der Waals surface area (Å²) in [7, 11) is 0. The van der Waals surface area contributed by atoms with E-state index in [1.54, 1.807) is 6.07 Å². The molecule has 2 heterocycles. The average Bonchev–Trinajstić information content (AvgIpc) is 3.01. The molecule has 0 bridgehead atoms. The maximum Gasteiger partial charge on any atom is 0.341 e. The van der Waals surface area contributed by atoms with Gasteiger partial charge in [-0.1, -0.05) is 0 Å². The lowest BCUT2D eigenvalue weighted by atomic mass is 10.1. The summed E-state index contributed by atoms with van der Waals surface area (Å²) in [5.74, 6) is -1.17. The minimum Gasteiger partial charge on any atom is -0.477 e. The Kier molecular flexibility index (Phi) is 3.41. The molecule has 0 saturated carbocycles. The average molecular weight is 286 g/mol. The number of aromatic nitrogens is 1. The van der Waals surface area contributed by atoms with Crippen molar-refractivity contribution in [2.45, 2.75) is 26.3 Å². The van der Waals surface area contributed by atoms with E-state index in [4.69, 9.17) is 5.11 Å². The van der Waals surface area contributed by atoms with Crippen LogP contribution in [0.4, 0.5) is 5.69 Å². The minimum atomic E-state index is -1.17. The quantitative estimate of drug-likeness (QED) is 0.940. The third-order valence-electron chi connectivity index (χ3n) is 4.11. The normalized spacial score (nSPS) is 14.8. The summed E-state index contributed by atoms with van der Waals surface area (Å²) in [6.45, 7) is 4.64. The summed E-state index contributed by atoms with van der Waals surface area (Å²) in [4.78, 5) is 25.8. The first kappa shape index (κ1) is 13.7. The highest BCUT2D eigenvalue weighted by molar-refractivity contribution is 5.93. The van der Waals surface area contributed by atoms with Crippen molar-refractivity contribution in [1.29, 1.82) is 0 Å². The number of fused-ring (bicyclic) bond motifs is 1. The molecule has 1 fully saturated rings. The summed E-state index contributed by atoms with van der Waals surface area (Å²) in [6, 6.07) is 5.67. The smallest absolute Gasteiger partial charge is 0.341 e. The zero-order chi connectivity index (χ0) is 15.0. The second-order valence-electron chi connectivity index (χ2n) is 5.36. The van der Waals surface area contributed by atoms with Gasteiger partial charge in [-0.25, -0.2) is 4.79 Å². The molecular formula is C16H18N2O3. The van der Waals surface area contributed by atoms with Gasteiger partial charge in [0.2, 0.25) is 5.43 Å². The maximum atomic E-state index is 12.3. The van der Waals surface area contributed by atoms with Crippen LogP contribution in [-0.2, 0) is 6.54 Å². The number of carboxylic acid groups (broad SMARTS) is 1. The van der Waals surface area contributed by atoms with Gasteiger partial charge in [-0.2, -0.15) is 0 Å². The third kappa shape index (κ3) is 2.28. The van der Waals surface area contributed by atoms with E-state index < -0.39 is 11.4 Å². The molecule has 0 unspecified atom stereocenters. The molecule has 1 aliphatic heterocycles. The molecule has 110 valence electrons. The molecule has 0 aliphatic carbocycles. The Hall–Kier alpha value is -2.30. The number of pyridine rings is 1. The van der Waals surface area contributed by atoms with Crippen LogP contribution < -0.4 is 10.3 Å². The highest BCUT2D eigenvalue weighted by Gasteiger charge is 2.17. The predicted octanol–water partition coefficient (Wildman–Crippen LogP) is 2.32. The second kappa shape index (κ2) is 5.24. The van der Waals surface area contributed by atoms with E-state index >= 15 is 0 Å². The van der Waals surface area contributed by atoms with Gasteiger partial charge >= 0.3 is 5.97 Å². The standard InChI is InChI=1S/C16H18N2O3/c1-2-17-10-13(16(20)21)15(19)12-6-5-11(9-14(12)17)18-7-3-4-8-18/h5-6,9-10H,2-4,7-8H2,1H3,(H,20,21). The van der Waals surface area contributed by atoms with Crippen LogP contribution in [0.25, 0.3) is 10.9 Å². The number of rotatable bonds is 3. The minimum absolute atomic E-state index is 0.168. The molecule has 5 heteroatoms. The Bertz CT molecular complexity index is 758. The molecule has 0 amide bonds. The molecule has 2 aromatic rings. The van der Waals surface area contributed by atoms with Gasteiger partial charge in [-0.3, -0.25) is 4.79 Å². The number of carbonyl (C=O) groups is 1. The van der Waals surface area contributed by atoms with Crippen LogP contribution in [0.5, 0.6) is 0 Å². The van der Waals surface area contributed by atoms with Gasteiger partial charge in [0.1, 0.15) is 5.56 Å². The Morgan fingerprint density at radius 1 is 1.29 bits per heavy atom. The van der Waals surface area contributed by atoms with Crippen LogP contribution in [0.1, 0.15) is 30.1 Å². The van der Waals surface area contributed by atoms with Gasteiger partial charge < -0.3 is 14.6 Å². The fourth-order valence-corrected chi connectivity index (χ4v) is 2.96. The Morgan fingerprint density at radius 2 is 2.00 bits per heavy atom. The molecule has 1 aliphatic rings. The third-order valence-corrected chi connectivity index (χ3v) is 4.11. The van der Waals surface area contributed by atoms with Gasteiger partial charge in [0, 0.05) is 36.9 Å². The van der Waals surface area contributed by atoms with Crippen LogP contribution in [-0.4, -0.2) is 28.7 Å². The van der Waals surface area contributed by atoms with Crippen molar-refractivity contribution in [3.8, 4) is 0 Å². The van der Waals surface area contributed by atoms with Crippen molar-refractivity contribution in [3.63, 3.8) is 0 Å². The van der Waals surface area contributed by atoms with Crippen molar-refractivity contribution < 1.29 is 9.90 Å². The molecule has 21 heavy (non-hydrogen) atoms. The summed E-state index contributed by atoms with van der Waals surface area (Å²) >= 11 is 0. The van der Waals surface area contributed by atoms with E-state index in [9.17, 15) is 9.59 Å². The predicted molar refractivity (Wildman–Crippen MR) is 82.3 cm³/mol. The van der Waals surface area contributed by atoms with Crippen molar-refractivity contribution in [3.05, 3.63) is 40.2 Å². The van der Waals surface area contributed by atoms with Crippen molar-refractivity contribution in [2.75, 3.05) is 18.0 Å². The van der Waals surface area contributed by atoms with Gasteiger partial charge in [0.25, 0.3) is 0 Å². The van der Waals surface area contributed by atoms with E-state index in [2.05, 4.69) is 4.90 Å². The lowest BCUT2D eigenvalue weighted by molar-refractivity contribution is 0.0695. The van der Waals surface area contributed by atoms with E-state index in [0.717, 1.165) is 24.3 Å². The topological polar surface area (TPSA) is 62.5 Å². The summed E-state index contributed by atoms with van der Waals surface area (Å²) in [5.41, 5.74) is 1.33. The maximum absolute atomic E-state index is 12.3. The van der Waals surface area contributed by atoms with Gasteiger partial charge in [0.05, 0.1) is 5.52 Å². The van der Waals surface area contributed by atoms with Gasteiger partial charge in [0.15, 0.2) is 0 Å². The Morgan fingerprint density at radius 3 is 2.62 bits per heavy atom. The molecule has 1 aromatic carbocycles. The van der Waals surface area contributed by atoms with E-state index in [-0.39, 0.29) is 5.56 Å². The first-order chi connectivity index (χ1) is 10.1. The van der Waals surface area contributed by atoms with E-state index in [1.165, 1.54) is 19.0 Å². The second-order valence-corrected chi connectivity index (χ2v) is 5.36. The number of carboxylic acids is 1. The van der Waals surface area contributed by atoms with Crippen LogP contribution in [0.15, 0.2) is 29.2 Å². The largest absolute Gasteiger partial charge is 0.477 e. The molecule has 0 atom stereocenters. The number of hydrogen-bond acceptors (Lipinski definition) is 3. The molecule has 5 nitrogen and oxygen atoms in total. The van der Waals surface area contributed by atoms with E-state index in [1.807, 2.05) is 23.6 Å². The van der Waals surface area contributed by atoms with Gasteiger partial charge in [-0.05, 0) is 38.0 Å². The van der Waals surface area contributed by atoms with Crippen molar-refractivity contribution in [2.24, 2.45) is 0 Å². The van der Waals surface area contributed by atoms with Crippen LogP contribution in [0, 0.1) is 0 Å². The fourth-order valence-electron chi connectivity index (χ4n) is 2.96. The first-order valence-electron chi connectivity index (χ1n) is 7.27. The lowest BCUT2D eigenvalue weighted by Crippen LogP contribution is -2.20. The molecule has 0 radical (unpaired) electrons. The number of aromatic carboxylic acids is 1. The lowest BCUT2D eigenvalue weighted by Gasteiger charge is -2.19. The number of anilines is 1. The van der Waals surface area contributed by atoms with Crippen molar-refractivity contribution in [1.82, 2.24) is 4.57 Å². The molecule has 1 saturated heterocycles. The monoisotopic (exact) mass is 286 g/mol. The van der Waals surface area contributed by atoms with Crippen LogP contribution in [0.3, 0.4) is 0 Å². The first-order valence-corrected chi connectivity index (χ1v) is 7.27. The number of aryl methyl sites for hydroxylation is 1. The summed E-state index contributed by atoms with van der Waals surface area (Å²) < 4.78 is 1.83. The molecule has 1 N–H and O–H groups in total. The Balaban J connectivity index is 2.23. The molecule has 0 spiro atoms. The number of benzene rings is 1. The molecular weight excluding hydrogens is 268 g/mol. The molecule has 3 rings (SSSR count). The molecule has 1 aromatic heterocycles. The zero-order valence-corrected chi connectivity index (χ0v) is 12.0. The zero-order valence-electron chi connectivity index (χ0n) is 12.0. The summed E-state index contributed by atoms with van der Waals surface area (Å²) in [5, 5.41) is 9.62. The van der Waals surface area contributed by atoms with Crippen molar-refractivity contribution >= 4 is 22.6 Å². The van der Waals surface area contributed by atoms with Crippen LogP contribution in [0.2, 0.25) is 0 Å². The number of hydrogen-bond donors (Lipinski definition) is 1. The highest BCUT2D eigenvalue weighted by atomic mass is 16.4. The highest BCUT2D eigenvalue weighted by Crippen LogP contribution is 2.24. The van der Waals surface area contributed by atoms with E-state index in [0.29, 0.717) is 11.9 Å².